The SMILES string of the molecule is C[SiH](C)[C]1CCCCO1. The van der Waals surface area contributed by atoms with Crippen LogP contribution in [0.3, 0.4) is 0 Å². The van der Waals surface area contributed by atoms with Crippen LogP contribution in [0.4, 0.5) is 0 Å². The third-order valence-electron chi connectivity index (χ3n) is 1.75. The first kappa shape index (κ1) is 7.29. The van der Waals surface area contributed by atoms with E-state index in [4.69, 9.17) is 4.74 Å². The highest BCUT2D eigenvalue weighted by atomic mass is 28.3. The van der Waals surface area contributed by atoms with Gasteiger partial charge in [-0.05, 0) is 19.3 Å². The maximum absolute atomic E-state index is 5.52. The molecule has 0 aromatic rings. The second-order valence-corrected chi connectivity index (χ2v) is 5.88. The summed E-state index contributed by atoms with van der Waals surface area (Å²) in [5, 5.41) is 0. The molecule has 1 aliphatic rings. The second kappa shape index (κ2) is 3.37. The van der Waals surface area contributed by atoms with Gasteiger partial charge in [0.2, 0.25) is 0 Å². The van der Waals surface area contributed by atoms with Crippen LogP contribution in [0.1, 0.15) is 19.3 Å². The fraction of sp³-hybridized carbons (Fsp3) is 0.857. The summed E-state index contributed by atoms with van der Waals surface area (Å²) in [4.78, 5) is 0. The van der Waals surface area contributed by atoms with Gasteiger partial charge in [-0.2, -0.15) is 0 Å². The van der Waals surface area contributed by atoms with Gasteiger partial charge in [-0.1, -0.05) is 13.1 Å². The second-order valence-electron chi connectivity index (χ2n) is 2.93. The van der Waals surface area contributed by atoms with Gasteiger partial charge >= 0.3 is 0 Å². The Hall–Kier alpha value is 0.177. The lowest BCUT2D eigenvalue weighted by atomic mass is 10.2. The Kier molecular flexibility index (Phi) is 2.73. The van der Waals surface area contributed by atoms with Crippen molar-refractivity contribution in [2.24, 2.45) is 0 Å². The lowest BCUT2D eigenvalue weighted by Gasteiger charge is -2.23. The molecule has 0 aromatic carbocycles. The molecule has 1 saturated heterocycles. The Labute approximate surface area is 59.0 Å². The summed E-state index contributed by atoms with van der Waals surface area (Å²) < 4.78 is 5.52. The van der Waals surface area contributed by atoms with Crippen molar-refractivity contribution in [2.45, 2.75) is 32.4 Å². The summed E-state index contributed by atoms with van der Waals surface area (Å²) in [7, 11) is -0.557. The highest BCUT2D eigenvalue weighted by Crippen LogP contribution is 2.21. The average Bonchev–Trinajstić information content (AvgIpc) is 1.90. The van der Waals surface area contributed by atoms with E-state index in [2.05, 4.69) is 13.1 Å². The van der Waals surface area contributed by atoms with Gasteiger partial charge in [0.25, 0.3) is 0 Å². The minimum absolute atomic E-state index is 0.557. The van der Waals surface area contributed by atoms with Crippen LogP contribution in [0, 0.1) is 5.73 Å². The lowest BCUT2D eigenvalue weighted by molar-refractivity contribution is 0.133. The molecular formula is C7H15OSi. The summed E-state index contributed by atoms with van der Waals surface area (Å²) in [6.07, 6.45) is 3.88. The predicted molar refractivity (Wildman–Crippen MR) is 41.9 cm³/mol. The molecule has 1 aliphatic heterocycles. The van der Waals surface area contributed by atoms with Crippen LogP contribution < -0.4 is 0 Å². The zero-order valence-corrected chi connectivity index (χ0v) is 7.47. The molecule has 1 fully saturated rings. The van der Waals surface area contributed by atoms with Crippen LogP contribution in [0.15, 0.2) is 0 Å². The molecule has 0 aromatic heterocycles. The van der Waals surface area contributed by atoms with E-state index in [0.29, 0.717) is 0 Å². The maximum atomic E-state index is 5.52. The van der Waals surface area contributed by atoms with Crippen molar-refractivity contribution < 1.29 is 4.74 Å². The Morgan fingerprint density at radius 2 is 2.11 bits per heavy atom. The van der Waals surface area contributed by atoms with Crippen molar-refractivity contribution in [3.05, 3.63) is 5.73 Å². The van der Waals surface area contributed by atoms with Crippen molar-refractivity contribution in [3.8, 4) is 0 Å². The normalized spacial score (nSPS) is 23.0. The number of hydrogen-bond acceptors (Lipinski definition) is 1. The van der Waals surface area contributed by atoms with E-state index < -0.39 is 8.80 Å². The van der Waals surface area contributed by atoms with Crippen LogP contribution in [-0.4, -0.2) is 15.4 Å². The smallest absolute Gasteiger partial charge is 0.0797 e. The molecular weight excluding hydrogens is 128 g/mol. The molecule has 53 valence electrons. The van der Waals surface area contributed by atoms with E-state index in [1.807, 2.05) is 0 Å². The van der Waals surface area contributed by atoms with E-state index in [0.717, 1.165) is 6.61 Å². The molecule has 1 radical (unpaired) electrons. The summed E-state index contributed by atoms with van der Waals surface area (Å²) in [6, 6.07) is 0. The molecule has 0 bridgehead atoms. The van der Waals surface area contributed by atoms with Gasteiger partial charge in [-0.25, -0.2) is 0 Å². The molecule has 1 rings (SSSR count). The Bertz CT molecular complexity index is 77.0. The fourth-order valence-corrected chi connectivity index (χ4v) is 2.36. The Balaban J connectivity index is 2.23. The van der Waals surface area contributed by atoms with E-state index in [1.54, 1.807) is 0 Å². The van der Waals surface area contributed by atoms with Crippen LogP contribution in [-0.2, 0) is 4.74 Å². The van der Waals surface area contributed by atoms with Crippen molar-refractivity contribution in [1.29, 1.82) is 0 Å². The summed E-state index contributed by atoms with van der Waals surface area (Å²) in [5.74, 6) is 0. The van der Waals surface area contributed by atoms with E-state index >= 15 is 0 Å². The lowest BCUT2D eigenvalue weighted by Crippen LogP contribution is -2.22. The van der Waals surface area contributed by atoms with Gasteiger partial charge in [-0.15, -0.1) is 0 Å². The first-order valence-corrected chi connectivity index (χ1v) is 6.68. The number of rotatable bonds is 1. The standard InChI is InChI=1S/C7H15OSi/c1-9(2)7-5-3-4-6-8-7/h9H,3-6H2,1-2H3. The zero-order valence-electron chi connectivity index (χ0n) is 6.31. The van der Waals surface area contributed by atoms with Gasteiger partial charge in [0.1, 0.15) is 0 Å². The van der Waals surface area contributed by atoms with Crippen molar-refractivity contribution in [3.63, 3.8) is 0 Å². The third-order valence-corrected chi connectivity index (χ3v) is 3.49. The first-order valence-electron chi connectivity index (χ1n) is 3.79. The Morgan fingerprint density at radius 3 is 2.44 bits per heavy atom. The first-order chi connectivity index (χ1) is 4.30. The van der Waals surface area contributed by atoms with Crippen LogP contribution in [0.25, 0.3) is 0 Å². The van der Waals surface area contributed by atoms with Crippen molar-refractivity contribution in [1.82, 2.24) is 0 Å². The molecule has 0 N–H and O–H groups in total. The molecule has 0 atom stereocenters. The van der Waals surface area contributed by atoms with Crippen LogP contribution >= 0.6 is 0 Å². The highest BCUT2D eigenvalue weighted by Gasteiger charge is 2.18. The zero-order chi connectivity index (χ0) is 6.69. The van der Waals surface area contributed by atoms with E-state index in [9.17, 15) is 0 Å². The van der Waals surface area contributed by atoms with Gasteiger partial charge in [0.05, 0.1) is 14.5 Å². The molecule has 9 heavy (non-hydrogen) atoms. The number of hydrogen-bond donors (Lipinski definition) is 0. The maximum Gasteiger partial charge on any atom is 0.0797 e. The summed E-state index contributed by atoms with van der Waals surface area (Å²) >= 11 is 0. The fourth-order valence-electron chi connectivity index (χ4n) is 1.13. The van der Waals surface area contributed by atoms with Crippen LogP contribution in [0.5, 0.6) is 0 Å². The molecule has 0 saturated carbocycles. The Morgan fingerprint density at radius 1 is 1.33 bits per heavy atom. The largest absolute Gasteiger partial charge is 0.376 e. The molecule has 0 aliphatic carbocycles. The van der Waals surface area contributed by atoms with Gasteiger partial charge in [0.15, 0.2) is 0 Å². The quantitative estimate of drug-likeness (QED) is 0.508. The van der Waals surface area contributed by atoms with E-state index in [1.165, 1.54) is 25.0 Å². The van der Waals surface area contributed by atoms with Gasteiger partial charge in [0, 0.05) is 6.61 Å². The molecule has 1 heterocycles. The van der Waals surface area contributed by atoms with Gasteiger partial charge < -0.3 is 4.74 Å². The predicted octanol–water partition coefficient (Wildman–Crippen LogP) is 1.74. The van der Waals surface area contributed by atoms with Crippen molar-refractivity contribution in [2.75, 3.05) is 6.61 Å². The van der Waals surface area contributed by atoms with Gasteiger partial charge in [-0.3, -0.25) is 0 Å². The third kappa shape index (κ3) is 2.10. The summed E-state index contributed by atoms with van der Waals surface area (Å²) in [6.45, 7) is 5.65. The summed E-state index contributed by atoms with van der Waals surface area (Å²) in [5.41, 5.74) is 1.45. The topological polar surface area (TPSA) is 9.23 Å². The minimum atomic E-state index is -0.557. The molecule has 1 nitrogen and oxygen atoms in total. The average molecular weight is 143 g/mol. The molecule has 0 unspecified atom stereocenters. The monoisotopic (exact) mass is 143 g/mol. The van der Waals surface area contributed by atoms with E-state index in [-0.39, 0.29) is 0 Å². The highest BCUT2D eigenvalue weighted by molar-refractivity contribution is 6.61. The van der Waals surface area contributed by atoms with Crippen molar-refractivity contribution >= 4 is 8.80 Å². The minimum Gasteiger partial charge on any atom is -0.376 e. The van der Waals surface area contributed by atoms with Crippen LogP contribution in [0.2, 0.25) is 13.1 Å². The molecule has 0 amide bonds. The molecule has 2 heteroatoms. The molecule has 0 spiro atoms. The number of ether oxygens (including phenoxy) is 1.